The van der Waals surface area contributed by atoms with Crippen LogP contribution in [0.25, 0.3) is 0 Å². The zero-order valence-corrected chi connectivity index (χ0v) is 26.4. The molecule has 0 aliphatic heterocycles. The zero-order valence-electron chi connectivity index (χ0n) is 24.8. The Labute approximate surface area is 249 Å². The molecule has 0 fully saturated rings. The van der Waals surface area contributed by atoms with E-state index in [2.05, 4.69) is 5.32 Å². The Balaban J connectivity index is 2.04. The van der Waals surface area contributed by atoms with Gasteiger partial charge < -0.3 is 10.2 Å². The summed E-state index contributed by atoms with van der Waals surface area (Å²) in [7, 11) is -4.10. The minimum Gasteiger partial charge on any atom is -0.354 e. The van der Waals surface area contributed by atoms with Crippen LogP contribution in [0.5, 0.6) is 0 Å². The number of nitrogens with zero attached hydrogens (tertiary/aromatic N) is 2. The van der Waals surface area contributed by atoms with Gasteiger partial charge in [-0.2, -0.15) is 0 Å². The van der Waals surface area contributed by atoms with E-state index in [4.69, 9.17) is 0 Å². The molecule has 0 aliphatic carbocycles. The highest BCUT2D eigenvalue weighted by Crippen LogP contribution is 2.27. The molecule has 0 saturated heterocycles. The summed E-state index contributed by atoms with van der Waals surface area (Å²) in [6.45, 7) is 9.97. The number of sulfonamides is 1. The minimum absolute atomic E-state index is 0.0932. The number of carbonyl (C=O) groups excluding carboxylic acids is 2. The van der Waals surface area contributed by atoms with E-state index in [0.717, 1.165) is 25.9 Å². The van der Waals surface area contributed by atoms with E-state index in [-0.39, 0.29) is 23.3 Å². The van der Waals surface area contributed by atoms with Crippen LogP contribution >= 0.6 is 11.8 Å². The van der Waals surface area contributed by atoms with Crippen LogP contribution in [0.1, 0.15) is 43.9 Å². The largest absolute Gasteiger partial charge is 0.354 e. The van der Waals surface area contributed by atoms with E-state index in [9.17, 15) is 18.0 Å². The summed E-state index contributed by atoms with van der Waals surface area (Å²) in [5.41, 5.74) is 3.25. The average Bonchev–Trinajstić information content (AvgIpc) is 2.95. The normalized spacial score (nSPS) is 12.2. The molecule has 1 atom stereocenters. The number of anilines is 1. The maximum absolute atomic E-state index is 14.1. The molecule has 7 nitrogen and oxygen atoms in total. The summed E-state index contributed by atoms with van der Waals surface area (Å²) in [5, 5.41) is 2.96. The van der Waals surface area contributed by atoms with Gasteiger partial charge in [0.15, 0.2) is 0 Å². The fraction of sp³-hybridized carbons (Fsp3) is 0.375. The molecule has 41 heavy (non-hydrogen) atoms. The van der Waals surface area contributed by atoms with Crippen molar-refractivity contribution in [2.75, 3.05) is 23.7 Å². The van der Waals surface area contributed by atoms with Gasteiger partial charge in [0.05, 0.1) is 10.6 Å². The van der Waals surface area contributed by atoms with Gasteiger partial charge in [0, 0.05) is 18.0 Å². The number of nitrogens with one attached hydrogen (secondary N) is 1. The van der Waals surface area contributed by atoms with E-state index < -0.39 is 28.5 Å². The number of rotatable bonds is 13. The molecule has 2 amide bonds. The van der Waals surface area contributed by atoms with Crippen molar-refractivity contribution in [3.63, 3.8) is 0 Å². The average molecular weight is 596 g/mol. The van der Waals surface area contributed by atoms with E-state index >= 15 is 0 Å². The maximum atomic E-state index is 14.1. The van der Waals surface area contributed by atoms with Crippen LogP contribution in [0.3, 0.4) is 0 Å². The van der Waals surface area contributed by atoms with Gasteiger partial charge in [-0.25, -0.2) is 8.42 Å². The molecule has 0 heterocycles. The van der Waals surface area contributed by atoms with Crippen molar-refractivity contribution in [3.05, 3.63) is 89.5 Å². The molecule has 0 spiro atoms. The SMILES string of the molecule is CC[C@@H](C(=O)NCC(C)C)N(Cc1cccc(C)c1)C(=O)CN(c1ccc(C)cc1)S(=O)(=O)c1ccc(SC)cc1. The lowest BCUT2D eigenvalue weighted by Gasteiger charge is -2.33. The smallest absolute Gasteiger partial charge is 0.264 e. The predicted molar refractivity (Wildman–Crippen MR) is 168 cm³/mol. The van der Waals surface area contributed by atoms with Gasteiger partial charge in [-0.05, 0) is 74.4 Å². The first-order chi connectivity index (χ1) is 19.5. The van der Waals surface area contributed by atoms with Crippen molar-refractivity contribution in [3.8, 4) is 0 Å². The summed E-state index contributed by atoms with van der Waals surface area (Å²) in [4.78, 5) is 30.0. The summed E-state index contributed by atoms with van der Waals surface area (Å²) in [6, 6.07) is 20.7. The van der Waals surface area contributed by atoms with Crippen LogP contribution in [0.2, 0.25) is 0 Å². The maximum Gasteiger partial charge on any atom is 0.264 e. The Kier molecular flexibility index (Phi) is 11.4. The number of thioether (sulfide) groups is 1. The molecule has 0 aliphatic rings. The van der Waals surface area contributed by atoms with Crippen LogP contribution in [-0.4, -0.2) is 50.5 Å². The number of amides is 2. The third-order valence-corrected chi connectivity index (χ3v) is 9.29. The molecule has 9 heteroatoms. The third-order valence-electron chi connectivity index (χ3n) is 6.75. The quantitative estimate of drug-likeness (QED) is 0.253. The molecule has 3 rings (SSSR count). The molecular formula is C32H41N3O4S2. The Morgan fingerprint density at radius 1 is 0.927 bits per heavy atom. The lowest BCUT2D eigenvalue weighted by molar-refractivity contribution is -0.140. The number of benzene rings is 3. The van der Waals surface area contributed by atoms with Crippen LogP contribution < -0.4 is 9.62 Å². The zero-order chi connectivity index (χ0) is 30.2. The molecule has 0 bridgehead atoms. The van der Waals surface area contributed by atoms with Crippen molar-refractivity contribution in [2.24, 2.45) is 5.92 Å². The van der Waals surface area contributed by atoms with Crippen LogP contribution in [0, 0.1) is 19.8 Å². The summed E-state index contributed by atoms with van der Waals surface area (Å²) < 4.78 is 29.1. The van der Waals surface area contributed by atoms with E-state index in [0.29, 0.717) is 18.7 Å². The van der Waals surface area contributed by atoms with Gasteiger partial charge in [0.25, 0.3) is 10.0 Å². The summed E-state index contributed by atoms with van der Waals surface area (Å²) in [6.07, 6.45) is 2.31. The highest BCUT2D eigenvalue weighted by Gasteiger charge is 2.33. The van der Waals surface area contributed by atoms with Crippen LogP contribution in [0.15, 0.2) is 82.6 Å². The monoisotopic (exact) mass is 595 g/mol. The second-order valence-corrected chi connectivity index (χ2v) is 13.3. The predicted octanol–water partition coefficient (Wildman–Crippen LogP) is 5.80. The van der Waals surface area contributed by atoms with E-state index in [1.165, 1.54) is 16.7 Å². The summed E-state index contributed by atoms with van der Waals surface area (Å²) >= 11 is 1.52. The number of hydrogen-bond donors (Lipinski definition) is 1. The fourth-order valence-corrected chi connectivity index (χ4v) is 6.29. The molecule has 1 N–H and O–H groups in total. The summed E-state index contributed by atoms with van der Waals surface area (Å²) in [5.74, 6) is -0.459. The van der Waals surface area contributed by atoms with Gasteiger partial charge in [0.2, 0.25) is 11.8 Å². The first kappa shape index (κ1) is 32.2. The van der Waals surface area contributed by atoms with Gasteiger partial charge in [-0.3, -0.25) is 13.9 Å². The Morgan fingerprint density at radius 3 is 2.15 bits per heavy atom. The van der Waals surface area contributed by atoms with Gasteiger partial charge in [-0.1, -0.05) is 68.3 Å². The number of carbonyl (C=O) groups is 2. The number of hydrogen-bond acceptors (Lipinski definition) is 5. The van der Waals surface area contributed by atoms with Gasteiger partial charge in [-0.15, -0.1) is 11.8 Å². The van der Waals surface area contributed by atoms with Crippen molar-refractivity contribution >= 4 is 39.3 Å². The molecule has 0 radical (unpaired) electrons. The van der Waals surface area contributed by atoms with Crippen molar-refractivity contribution in [1.82, 2.24) is 10.2 Å². The first-order valence-corrected chi connectivity index (χ1v) is 16.5. The first-order valence-electron chi connectivity index (χ1n) is 13.8. The molecule has 0 aromatic heterocycles. The molecule has 3 aromatic carbocycles. The molecular weight excluding hydrogens is 555 g/mol. The van der Waals surface area contributed by atoms with E-state index in [1.807, 2.05) is 77.3 Å². The van der Waals surface area contributed by atoms with Crippen LogP contribution in [0.4, 0.5) is 5.69 Å². The lowest BCUT2D eigenvalue weighted by Crippen LogP contribution is -2.52. The van der Waals surface area contributed by atoms with Gasteiger partial charge in [0.1, 0.15) is 12.6 Å². The topological polar surface area (TPSA) is 86.8 Å². The van der Waals surface area contributed by atoms with Crippen LogP contribution in [-0.2, 0) is 26.2 Å². The standard InChI is InChI=1S/C32H41N3O4S2/c1-7-30(32(37)33-20-23(2)3)34(21-26-10-8-9-25(5)19-26)31(36)22-35(27-13-11-24(4)12-14-27)41(38,39)29-17-15-28(40-6)16-18-29/h8-19,23,30H,7,20-22H2,1-6H3,(H,33,37)/t30-/m0/s1. The van der Waals surface area contributed by atoms with Crippen molar-refractivity contribution in [1.29, 1.82) is 0 Å². The number of aryl methyl sites for hydroxylation is 2. The molecule has 0 saturated carbocycles. The Hall–Kier alpha value is -3.30. The molecule has 3 aromatic rings. The van der Waals surface area contributed by atoms with E-state index in [1.54, 1.807) is 36.4 Å². The second kappa shape index (κ2) is 14.5. The lowest BCUT2D eigenvalue weighted by atomic mass is 10.1. The third kappa shape index (κ3) is 8.60. The highest BCUT2D eigenvalue weighted by atomic mass is 32.2. The fourth-order valence-electron chi connectivity index (χ4n) is 4.46. The van der Waals surface area contributed by atoms with Crippen molar-refractivity contribution < 1.29 is 18.0 Å². The molecule has 220 valence electrons. The minimum atomic E-state index is -4.10. The van der Waals surface area contributed by atoms with Gasteiger partial charge >= 0.3 is 0 Å². The molecule has 0 unspecified atom stereocenters. The second-order valence-electron chi connectivity index (χ2n) is 10.6. The Bertz CT molecular complexity index is 1420. The van der Waals surface area contributed by atoms with Crippen molar-refractivity contribution in [2.45, 2.75) is 63.4 Å². The Morgan fingerprint density at radius 2 is 1.59 bits per heavy atom. The highest BCUT2D eigenvalue weighted by molar-refractivity contribution is 7.98.